The fourth-order valence-electron chi connectivity index (χ4n) is 5.20. The zero-order chi connectivity index (χ0) is 28.4. The van der Waals surface area contributed by atoms with Crippen LogP contribution < -0.4 is 0 Å². The molecule has 0 bridgehead atoms. The van der Waals surface area contributed by atoms with E-state index in [0.717, 1.165) is 21.9 Å². The summed E-state index contributed by atoms with van der Waals surface area (Å²) in [5.74, 6) is -4.13. The molecule has 2 heterocycles. The molecule has 4 aromatic rings. The molecular formula is C30H30O9. The van der Waals surface area contributed by atoms with Gasteiger partial charge < -0.3 is 23.8 Å². The van der Waals surface area contributed by atoms with E-state index in [2.05, 4.69) is 0 Å². The summed E-state index contributed by atoms with van der Waals surface area (Å²) in [5, 5.41) is 20.5. The molecular weight excluding hydrogens is 504 g/mol. The number of carbonyl (C=O) groups excluding carboxylic acids is 2. The first kappa shape index (κ1) is 27.6. The van der Waals surface area contributed by atoms with Crippen molar-refractivity contribution >= 4 is 45.8 Å². The summed E-state index contributed by atoms with van der Waals surface area (Å²) in [6.07, 6.45) is -1.40. The molecule has 0 aliphatic carbocycles. The van der Waals surface area contributed by atoms with E-state index in [0.29, 0.717) is 33.8 Å². The van der Waals surface area contributed by atoms with E-state index in [1.165, 1.54) is 0 Å². The largest absolute Gasteiger partial charge is 0.481 e. The summed E-state index contributed by atoms with van der Waals surface area (Å²) in [7, 11) is 0. The molecule has 2 unspecified atom stereocenters. The summed E-state index contributed by atoms with van der Waals surface area (Å²) < 4.78 is 16.6. The Morgan fingerprint density at radius 1 is 0.667 bits per heavy atom. The quantitative estimate of drug-likeness (QED) is 0.183. The van der Waals surface area contributed by atoms with Crippen LogP contribution in [0.3, 0.4) is 0 Å². The predicted molar refractivity (Wildman–Crippen MR) is 142 cm³/mol. The molecule has 0 saturated carbocycles. The molecule has 0 aliphatic rings. The Kier molecular flexibility index (Phi) is 7.90. The van der Waals surface area contributed by atoms with E-state index in [9.17, 15) is 29.4 Å². The molecule has 2 aromatic carbocycles. The van der Waals surface area contributed by atoms with E-state index in [4.69, 9.17) is 13.6 Å². The number of carboxylic acid groups (broad SMARTS) is 2. The van der Waals surface area contributed by atoms with E-state index >= 15 is 0 Å². The minimum absolute atomic E-state index is 0.347. The van der Waals surface area contributed by atoms with Gasteiger partial charge in [-0.1, -0.05) is 24.3 Å². The maximum Gasteiger partial charge on any atom is 0.314 e. The molecule has 0 spiro atoms. The average molecular weight is 535 g/mol. The maximum atomic E-state index is 12.9. The van der Waals surface area contributed by atoms with Crippen molar-refractivity contribution in [3.63, 3.8) is 0 Å². The molecule has 9 nitrogen and oxygen atoms in total. The zero-order valence-electron chi connectivity index (χ0n) is 22.2. The third kappa shape index (κ3) is 5.87. The van der Waals surface area contributed by atoms with Crippen LogP contribution in [0, 0.1) is 27.7 Å². The van der Waals surface area contributed by atoms with Crippen LogP contribution in [0.25, 0.3) is 21.9 Å². The van der Waals surface area contributed by atoms with Crippen molar-refractivity contribution < 1.29 is 43.0 Å². The number of benzene rings is 2. The third-order valence-corrected chi connectivity index (χ3v) is 7.22. The molecule has 0 saturated heterocycles. The Balaban J connectivity index is 1.55. The van der Waals surface area contributed by atoms with Gasteiger partial charge in [-0.15, -0.1) is 0 Å². The van der Waals surface area contributed by atoms with Gasteiger partial charge >= 0.3 is 23.9 Å². The van der Waals surface area contributed by atoms with E-state index < -0.39 is 35.7 Å². The molecule has 0 amide bonds. The normalized spacial score (nSPS) is 12.9. The lowest BCUT2D eigenvalue weighted by molar-refractivity contribution is -0.160. The number of esters is 2. The van der Waals surface area contributed by atoms with Crippen molar-refractivity contribution in [1.82, 2.24) is 0 Å². The number of rotatable bonds is 10. The number of aryl methyl sites for hydroxylation is 4. The third-order valence-electron chi connectivity index (χ3n) is 7.22. The van der Waals surface area contributed by atoms with Crippen LogP contribution in [0.2, 0.25) is 0 Å². The number of furan rings is 2. The first-order chi connectivity index (χ1) is 18.5. The lowest BCUT2D eigenvalue weighted by atomic mass is 9.88. The number of ether oxygens (including phenoxy) is 1. The van der Waals surface area contributed by atoms with Gasteiger partial charge in [0.05, 0.1) is 25.7 Å². The molecule has 2 N–H and O–H groups in total. The molecule has 39 heavy (non-hydrogen) atoms. The summed E-state index contributed by atoms with van der Waals surface area (Å²) in [6, 6.07) is 10.5. The van der Waals surface area contributed by atoms with Crippen molar-refractivity contribution in [1.29, 1.82) is 0 Å². The molecule has 2 aromatic heterocycles. The predicted octanol–water partition coefficient (Wildman–Crippen LogP) is 6.08. The lowest BCUT2D eigenvalue weighted by Crippen LogP contribution is -2.20. The van der Waals surface area contributed by atoms with Crippen LogP contribution in [0.15, 0.2) is 45.2 Å². The van der Waals surface area contributed by atoms with Crippen LogP contribution >= 0.6 is 0 Å². The Morgan fingerprint density at radius 3 is 1.41 bits per heavy atom. The number of hydrogen-bond donors (Lipinski definition) is 2. The first-order valence-electron chi connectivity index (χ1n) is 12.6. The van der Waals surface area contributed by atoms with Gasteiger partial charge in [-0.3, -0.25) is 19.2 Å². The molecule has 0 aliphatic heterocycles. The fourth-order valence-corrected chi connectivity index (χ4v) is 5.20. The van der Waals surface area contributed by atoms with Gasteiger partial charge in [-0.25, -0.2) is 0 Å². The van der Waals surface area contributed by atoms with Gasteiger partial charge in [-0.05, 0) is 62.1 Å². The summed E-state index contributed by atoms with van der Waals surface area (Å²) in [4.78, 5) is 49.0. The highest BCUT2D eigenvalue weighted by Crippen LogP contribution is 2.37. The fraction of sp³-hybridized carbons (Fsp3) is 0.333. The van der Waals surface area contributed by atoms with Crippen molar-refractivity contribution in [2.24, 2.45) is 0 Å². The summed E-state index contributed by atoms with van der Waals surface area (Å²) in [6.45, 7) is 7.32. The zero-order valence-corrected chi connectivity index (χ0v) is 22.2. The van der Waals surface area contributed by atoms with E-state index in [1.54, 1.807) is 50.2 Å². The Morgan fingerprint density at radius 2 is 1.05 bits per heavy atom. The molecule has 9 heteroatoms. The highest BCUT2D eigenvalue weighted by molar-refractivity contribution is 5.91. The minimum Gasteiger partial charge on any atom is -0.481 e. The lowest BCUT2D eigenvalue weighted by Gasteiger charge is -2.18. The van der Waals surface area contributed by atoms with Crippen LogP contribution in [0.4, 0.5) is 0 Å². The number of aliphatic carboxylic acids is 2. The van der Waals surface area contributed by atoms with Gasteiger partial charge in [0.25, 0.3) is 0 Å². The second kappa shape index (κ2) is 11.1. The van der Waals surface area contributed by atoms with Gasteiger partial charge in [-0.2, -0.15) is 0 Å². The van der Waals surface area contributed by atoms with Gasteiger partial charge in [0.2, 0.25) is 0 Å². The highest BCUT2D eigenvalue weighted by Gasteiger charge is 2.28. The van der Waals surface area contributed by atoms with Crippen LogP contribution in [0.5, 0.6) is 0 Å². The van der Waals surface area contributed by atoms with Crippen LogP contribution in [-0.4, -0.2) is 34.1 Å². The maximum absolute atomic E-state index is 12.9. The van der Waals surface area contributed by atoms with Crippen LogP contribution in [-0.2, 0) is 23.9 Å². The van der Waals surface area contributed by atoms with Gasteiger partial charge in [0.1, 0.15) is 22.7 Å². The smallest absolute Gasteiger partial charge is 0.314 e. The van der Waals surface area contributed by atoms with Crippen molar-refractivity contribution in [2.45, 2.75) is 65.2 Å². The topological polar surface area (TPSA) is 144 Å². The Hall–Kier alpha value is -4.40. The number of carbonyl (C=O) groups is 4. The standard InChI is InChI=1S/C30H30O9/c1-15-17(3)37-23-9-5-7-21(29(15)23)19(11-25(31)32)13-27(35)39-28(36)14-20(12-26(33)34)22-8-6-10-24-30(22)16(2)18(4)38-24/h5-10,19-20H,11-14H2,1-4H3,(H,31,32)(H,33,34). The molecule has 4 rings (SSSR count). The Bertz CT molecular complexity index is 1470. The summed E-state index contributed by atoms with van der Waals surface area (Å²) >= 11 is 0. The first-order valence-corrected chi connectivity index (χ1v) is 12.6. The molecule has 204 valence electrons. The van der Waals surface area contributed by atoms with Crippen molar-refractivity contribution in [3.8, 4) is 0 Å². The second-order valence-electron chi connectivity index (χ2n) is 9.85. The Labute approximate surface area is 224 Å². The number of fused-ring (bicyclic) bond motifs is 2. The average Bonchev–Trinajstić information content (AvgIpc) is 3.31. The van der Waals surface area contributed by atoms with Gasteiger partial charge in [0, 0.05) is 22.6 Å². The van der Waals surface area contributed by atoms with Crippen molar-refractivity contribution in [3.05, 3.63) is 70.2 Å². The van der Waals surface area contributed by atoms with Gasteiger partial charge in [0.15, 0.2) is 0 Å². The highest BCUT2D eigenvalue weighted by atomic mass is 16.6. The number of carboxylic acids is 2. The molecule has 0 fully saturated rings. The summed E-state index contributed by atoms with van der Waals surface area (Å²) in [5.41, 5.74) is 4.09. The van der Waals surface area contributed by atoms with Crippen LogP contribution in [0.1, 0.15) is 71.3 Å². The van der Waals surface area contributed by atoms with Crippen molar-refractivity contribution in [2.75, 3.05) is 0 Å². The number of hydrogen-bond acceptors (Lipinski definition) is 7. The van der Waals surface area contributed by atoms with E-state index in [1.807, 2.05) is 13.8 Å². The molecule has 0 radical (unpaired) electrons. The second-order valence-corrected chi connectivity index (χ2v) is 9.85. The monoisotopic (exact) mass is 534 g/mol. The molecule has 2 atom stereocenters. The SMILES string of the molecule is Cc1oc2cccc(C(CC(=O)O)CC(=O)OC(=O)CC(CC(=O)O)c3cccc4oc(C)c(C)c34)c2c1C. The van der Waals surface area contributed by atoms with E-state index in [-0.39, 0.29) is 25.7 Å². The minimum atomic E-state index is -1.10.